The maximum Gasteiger partial charge on any atom is 0.191 e. The van der Waals surface area contributed by atoms with Gasteiger partial charge < -0.3 is 20.3 Å². The molecule has 25 heavy (non-hydrogen) atoms. The van der Waals surface area contributed by atoms with Crippen LogP contribution in [0.3, 0.4) is 0 Å². The molecule has 0 spiro atoms. The van der Waals surface area contributed by atoms with Crippen molar-refractivity contribution in [3.63, 3.8) is 0 Å². The first-order chi connectivity index (χ1) is 12.1. The van der Waals surface area contributed by atoms with Crippen molar-refractivity contribution in [3.8, 4) is 0 Å². The number of aliphatic imine (C=N–C) groups is 1. The molecular weight excluding hydrogens is 319 g/mol. The Morgan fingerprint density at radius 3 is 2.60 bits per heavy atom. The summed E-state index contributed by atoms with van der Waals surface area (Å²) in [6, 6.07) is 6.90. The molecule has 0 bridgehead atoms. The summed E-state index contributed by atoms with van der Waals surface area (Å²) >= 11 is 0. The third-order valence-electron chi connectivity index (χ3n) is 4.89. The van der Waals surface area contributed by atoms with Crippen LogP contribution in [0.4, 0.5) is 4.39 Å². The van der Waals surface area contributed by atoms with E-state index in [1.165, 1.54) is 6.07 Å². The number of guanidine groups is 1. The Kier molecular flexibility index (Phi) is 7.65. The lowest BCUT2D eigenvalue weighted by Gasteiger charge is -2.41. The minimum Gasteiger partial charge on any atom is -0.381 e. The van der Waals surface area contributed by atoms with Gasteiger partial charge in [0, 0.05) is 31.8 Å². The lowest BCUT2D eigenvalue weighted by atomic mass is 9.89. The van der Waals surface area contributed by atoms with Crippen LogP contribution in [0.25, 0.3) is 0 Å². The smallest absolute Gasteiger partial charge is 0.191 e. The molecular formula is C19H31FN4O. The van der Waals surface area contributed by atoms with Crippen molar-refractivity contribution in [2.45, 2.75) is 31.7 Å². The van der Waals surface area contributed by atoms with E-state index in [0.717, 1.165) is 50.7 Å². The van der Waals surface area contributed by atoms with E-state index in [9.17, 15) is 4.39 Å². The first kappa shape index (κ1) is 19.7. The molecule has 1 fully saturated rings. The lowest BCUT2D eigenvalue weighted by molar-refractivity contribution is -0.00254. The number of ether oxygens (including phenoxy) is 1. The number of nitrogens with one attached hydrogen (secondary N) is 2. The van der Waals surface area contributed by atoms with Gasteiger partial charge in [-0.25, -0.2) is 4.39 Å². The molecule has 2 N–H and O–H groups in total. The quantitative estimate of drug-likeness (QED) is 0.584. The van der Waals surface area contributed by atoms with E-state index in [0.29, 0.717) is 13.0 Å². The van der Waals surface area contributed by atoms with Gasteiger partial charge in [0.2, 0.25) is 0 Å². The molecule has 0 atom stereocenters. The van der Waals surface area contributed by atoms with Crippen LogP contribution in [0.2, 0.25) is 0 Å². The lowest BCUT2D eigenvalue weighted by Crippen LogP contribution is -2.51. The summed E-state index contributed by atoms with van der Waals surface area (Å²) in [5.74, 6) is 0.631. The van der Waals surface area contributed by atoms with Gasteiger partial charge in [0.25, 0.3) is 0 Å². The number of benzene rings is 1. The van der Waals surface area contributed by atoms with Crippen LogP contribution in [-0.4, -0.2) is 63.3 Å². The highest BCUT2D eigenvalue weighted by Crippen LogP contribution is 2.26. The number of nitrogens with zero attached hydrogens (tertiary/aromatic N) is 2. The van der Waals surface area contributed by atoms with Gasteiger partial charge in [-0.15, -0.1) is 0 Å². The maximum absolute atomic E-state index is 13.7. The second-order valence-electron chi connectivity index (χ2n) is 6.69. The number of likely N-dealkylation sites (N-methyl/N-ethyl adjacent to an activating group) is 1. The molecule has 0 amide bonds. The standard InChI is InChI=1S/C19H31FN4O/c1-4-21-18(22-12-9-16-7-5-6-8-17(16)20)23-15-19(24(2)3)10-13-25-14-11-19/h5-8H,4,9-15H2,1-3H3,(H2,21,22,23). The van der Waals surface area contributed by atoms with E-state index in [1.54, 1.807) is 6.07 Å². The van der Waals surface area contributed by atoms with E-state index in [-0.39, 0.29) is 11.4 Å². The molecule has 0 saturated carbocycles. The van der Waals surface area contributed by atoms with Gasteiger partial charge in [-0.2, -0.15) is 0 Å². The summed E-state index contributed by atoms with van der Waals surface area (Å²) in [6.45, 7) is 5.77. The fourth-order valence-electron chi connectivity index (χ4n) is 3.08. The first-order valence-corrected chi connectivity index (χ1v) is 9.08. The van der Waals surface area contributed by atoms with Crippen molar-refractivity contribution in [3.05, 3.63) is 35.6 Å². The van der Waals surface area contributed by atoms with Crippen LogP contribution in [0.1, 0.15) is 25.3 Å². The fraction of sp³-hybridized carbons (Fsp3) is 0.632. The van der Waals surface area contributed by atoms with E-state index in [4.69, 9.17) is 9.73 Å². The monoisotopic (exact) mass is 350 g/mol. The molecule has 0 unspecified atom stereocenters. The molecule has 2 rings (SSSR count). The molecule has 1 heterocycles. The number of hydrogen-bond donors (Lipinski definition) is 2. The Morgan fingerprint density at radius 1 is 1.24 bits per heavy atom. The van der Waals surface area contributed by atoms with Crippen molar-refractivity contribution in [2.24, 2.45) is 4.99 Å². The average molecular weight is 350 g/mol. The van der Waals surface area contributed by atoms with E-state index in [1.807, 2.05) is 19.1 Å². The largest absolute Gasteiger partial charge is 0.381 e. The average Bonchev–Trinajstić information content (AvgIpc) is 2.62. The summed E-state index contributed by atoms with van der Waals surface area (Å²) < 4.78 is 19.2. The predicted octanol–water partition coefficient (Wildman–Crippen LogP) is 2.03. The summed E-state index contributed by atoms with van der Waals surface area (Å²) in [5, 5.41) is 6.59. The summed E-state index contributed by atoms with van der Waals surface area (Å²) in [5.41, 5.74) is 0.770. The van der Waals surface area contributed by atoms with Crippen LogP contribution >= 0.6 is 0 Å². The summed E-state index contributed by atoms with van der Waals surface area (Å²) in [7, 11) is 4.22. The van der Waals surface area contributed by atoms with E-state index in [2.05, 4.69) is 29.6 Å². The van der Waals surface area contributed by atoms with Gasteiger partial charge >= 0.3 is 0 Å². The second kappa shape index (κ2) is 9.73. The molecule has 1 aromatic rings. The zero-order valence-corrected chi connectivity index (χ0v) is 15.6. The molecule has 1 saturated heterocycles. The fourth-order valence-corrected chi connectivity index (χ4v) is 3.08. The second-order valence-corrected chi connectivity index (χ2v) is 6.69. The molecule has 0 aromatic heterocycles. The molecule has 140 valence electrons. The highest BCUT2D eigenvalue weighted by Gasteiger charge is 2.34. The van der Waals surface area contributed by atoms with Crippen LogP contribution in [0, 0.1) is 5.82 Å². The van der Waals surface area contributed by atoms with Gasteiger partial charge in [-0.1, -0.05) is 18.2 Å². The molecule has 0 aliphatic carbocycles. The van der Waals surface area contributed by atoms with Gasteiger partial charge in [0.15, 0.2) is 5.96 Å². The Morgan fingerprint density at radius 2 is 1.96 bits per heavy atom. The van der Waals surface area contributed by atoms with Gasteiger partial charge in [0.05, 0.1) is 6.54 Å². The van der Waals surface area contributed by atoms with Crippen LogP contribution in [0.15, 0.2) is 29.3 Å². The Bertz CT molecular complexity index is 556. The number of hydrogen-bond acceptors (Lipinski definition) is 3. The topological polar surface area (TPSA) is 48.9 Å². The molecule has 1 aromatic carbocycles. The Labute approximate surface area is 150 Å². The summed E-state index contributed by atoms with van der Waals surface area (Å²) in [4.78, 5) is 7.05. The van der Waals surface area contributed by atoms with Crippen molar-refractivity contribution < 1.29 is 9.13 Å². The predicted molar refractivity (Wildman–Crippen MR) is 101 cm³/mol. The van der Waals surface area contributed by atoms with E-state index >= 15 is 0 Å². The highest BCUT2D eigenvalue weighted by atomic mass is 19.1. The van der Waals surface area contributed by atoms with Gasteiger partial charge in [-0.05, 0) is 51.9 Å². The minimum absolute atomic E-state index is 0.0478. The van der Waals surface area contributed by atoms with Crippen molar-refractivity contribution in [2.75, 3.05) is 46.9 Å². The Balaban J connectivity index is 1.94. The van der Waals surface area contributed by atoms with Gasteiger partial charge in [0.1, 0.15) is 5.82 Å². The summed E-state index contributed by atoms with van der Waals surface area (Å²) in [6.07, 6.45) is 2.60. The molecule has 6 heteroatoms. The van der Waals surface area contributed by atoms with Crippen LogP contribution < -0.4 is 10.6 Å². The number of halogens is 1. The van der Waals surface area contributed by atoms with Crippen LogP contribution in [-0.2, 0) is 11.2 Å². The van der Waals surface area contributed by atoms with Crippen molar-refractivity contribution in [1.82, 2.24) is 15.5 Å². The Hall–Kier alpha value is -1.66. The normalized spacial score (nSPS) is 17.6. The minimum atomic E-state index is -0.153. The SMILES string of the molecule is CCNC(=NCC1(N(C)C)CCOCC1)NCCc1ccccc1F. The van der Waals surface area contributed by atoms with Gasteiger partial charge in [-0.3, -0.25) is 4.99 Å². The first-order valence-electron chi connectivity index (χ1n) is 9.08. The zero-order chi connectivity index (χ0) is 18.1. The maximum atomic E-state index is 13.7. The highest BCUT2D eigenvalue weighted by molar-refractivity contribution is 5.79. The third-order valence-corrected chi connectivity index (χ3v) is 4.89. The van der Waals surface area contributed by atoms with Crippen molar-refractivity contribution >= 4 is 5.96 Å². The molecule has 1 aliphatic rings. The molecule has 0 radical (unpaired) electrons. The number of rotatable bonds is 7. The van der Waals surface area contributed by atoms with Crippen LogP contribution in [0.5, 0.6) is 0 Å². The van der Waals surface area contributed by atoms with Crippen molar-refractivity contribution in [1.29, 1.82) is 0 Å². The molecule has 1 aliphatic heterocycles. The molecule has 5 nitrogen and oxygen atoms in total. The zero-order valence-electron chi connectivity index (χ0n) is 15.6. The van der Waals surface area contributed by atoms with E-state index < -0.39 is 0 Å². The third kappa shape index (κ3) is 5.68.